The molecule has 7 nitrogen and oxygen atoms in total. The molecule has 1 aliphatic rings. The van der Waals surface area contributed by atoms with E-state index in [1.165, 1.54) is 30.7 Å². The predicted molar refractivity (Wildman–Crippen MR) is 130 cm³/mol. The summed E-state index contributed by atoms with van der Waals surface area (Å²) in [6.45, 7) is 4.58. The molecule has 36 heavy (non-hydrogen) atoms. The summed E-state index contributed by atoms with van der Waals surface area (Å²) in [6.07, 6.45) is -4.42. The molecule has 2 aromatic heterocycles. The maximum absolute atomic E-state index is 13.9. The number of aromatic nitrogens is 3. The number of aliphatic hydroxyl groups excluding tert-OH is 1. The Bertz CT molecular complexity index is 1470. The Hall–Kier alpha value is -3.18. The van der Waals surface area contributed by atoms with Crippen molar-refractivity contribution in [2.24, 2.45) is 5.41 Å². The van der Waals surface area contributed by atoms with Crippen LogP contribution in [0.25, 0.3) is 31.8 Å². The van der Waals surface area contributed by atoms with Gasteiger partial charge < -0.3 is 19.3 Å². The average molecular weight is 520 g/mol. The molecule has 2 aromatic carbocycles. The lowest BCUT2D eigenvalue weighted by molar-refractivity contribution is -0.242. The van der Waals surface area contributed by atoms with Crippen molar-refractivity contribution < 1.29 is 32.5 Å². The molecule has 190 valence electrons. The molecule has 1 N–H and O–H groups in total. The molecule has 3 heterocycles. The summed E-state index contributed by atoms with van der Waals surface area (Å²) in [6, 6.07) is 5.18. The molecule has 1 aliphatic heterocycles. The Morgan fingerprint density at radius 2 is 1.83 bits per heavy atom. The van der Waals surface area contributed by atoms with Gasteiger partial charge in [-0.25, -0.2) is 15.0 Å². The number of benzene rings is 2. The summed E-state index contributed by atoms with van der Waals surface area (Å²) < 4.78 is 59.0. The molecule has 5 rings (SSSR count). The molecule has 0 radical (unpaired) electrons. The van der Waals surface area contributed by atoms with Crippen LogP contribution in [0.15, 0.2) is 24.4 Å². The van der Waals surface area contributed by atoms with E-state index in [2.05, 4.69) is 9.97 Å². The number of thiazole rings is 1. The van der Waals surface area contributed by atoms with Crippen molar-refractivity contribution in [3.05, 3.63) is 35.5 Å². The highest BCUT2D eigenvalue weighted by molar-refractivity contribution is 7.22. The van der Waals surface area contributed by atoms with Gasteiger partial charge in [-0.1, -0.05) is 0 Å². The zero-order chi connectivity index (χ0) is 25.8. The van der Waals surface area contributed by atoms with Gasteiger partial charge in [-0.15, -0.1) is 11.3 Å². The third-order valence-corrected chi connectivity index (χ3v) is 7.41. The standard InChI is InChI=1S/C25H24F3N3O4S/c1-12-8-14(18-15(9-12)30-17(33-4)11-29-18)23-31-19-13(22(32)24(2,3)25(26,27)28)10-16-20(21(19)36-23)35-7-5-6-34-16/h8-11,22,32H,5-7H2,1-4H3. The highest BCUT2D eigenvalue weighted by atomic mass is 32.1. The molecule has 0 spiro atoms. The Labute approximate surface area is 208 Å². The van der Waals surface area contributed by atoms with Crippen LogP contribution in [-0.2, 0) is 0 Å². The number of ether oxygens (including phenoxy) is 3. The van der Waals surface area contributed by atoms with E-state index in [0.717, 1.165) is 19.4 Å². The summed E-state index contributed by atoms with van der Waals surface area (Å²) in [5.74, 6) is 1.07. The second-order valence-corrected chi connectivity index (χ2v) is 10.3. The maximum atomic E-state index is 13.9. The molecule has 0 amide bonds. The van der Waals surface area contributed by atoms with Gasteiger partial charge in [-0.05, 0) is 44.5 Å². The lowest BCUT2D eigenvalue weighted by atomic mass is 9.81. The van der Waals surface area contributed by atoms with Gasteiger partial charge in [-0.3, -0.25) is 0 Å². The number of aryl methyl sites for hydroxylation is 1. The molecule has 0 aliphatic carbocycles. The van der Waals surface area contributed by atoms with Gasteiger partial charge in [0.15, 0.2) is 11.5 Å². The van der Waals surface area contributed by atoms with Crippen molar-refractivity contribution in [1.29, 1.82) is 0 Å². The quantitative estimate of drug-likeness (QED) is 0.354. The number of alkyl halides is 3. The van der Waals surface area contributed by atoms with Crippen molar-refractivity contribution in [3.8, 4) is 28.0 Å². The molecule has 0 fully saturated rings. The molecule has 1 unspecified atom stereocenters. The van der Waals surface area contributed by atoms with Gasteiger partial charge in [0.1, 0.15) is 9.71 Å². The van der Waals surface area contributed by atoms with E-state index in [1.54, 1.807) is 0 Å². The van der Waals surface area contributed by atoms with Crippen molar-refractivity contribution in [3.63, 3.8) is 0 Å². The fourth-order valence-electron chi connectivity index (χ4n) is 4.09. The van der Waals surface area contributed by atoms with Crippen LogP contribution < -0.4 is 14.2 Å². The number of hydrogen-bond donors (Lipinski definition) is 1. The summed E-state index contributed by atoms with van der Waals surface area (Å²) >= 11 is 1.25. The predicted octanol–water partition coefficient (Wildman–Crippen LogP) is 6.01. The number of halogens is 3. The summed E-state index contributed by atoms with van der Waals surface area (Å²) in [5.41, 5.74) is 0.573. The molecule has 0 saturated heterocycles. The van der Waals surface area contributed by atoms with Crippen LogP contribution in [0, 0.1) is 12.3 Å². The van der Waals surface area contributed by atoms with Gasteiger partial charge >= 0.3 is 6.18 Å². The SMILES string of the molecule is COc1cnc2c(-c3nc4c(C(O)C(C)(C)C(F)(F)F)cc5c(c4s3)OCCCO5)cc(C)cc2n1. The first-order valence-electron chi connectivity index (χ1n) is 11.3. The van der Waals surface area contributed by atoms with Crippen molar-refractivity contribution in [2.75, 3.05) is 20.3 Å². The van der Waals surface area contributed by atoms with Gasteiger partial charge in [0, 0.05) is 17.5 Å². The van der Waals surface area contributed by atoms with E-state index in [-0.39, 0.29) is 11.1 Å². The molecule has 1 atom stereocenters. The topological polar surface area (TPSA) is 86.6 Å². The van der Waals surface area contributed by atoms with Crippen LogP contribution in [0.4, 0.5) is 13.2 Å². The van der Waals surface area contributed by atoms with Gasteiger partial charge in [0.2, 0.25) is 5.88 Å². The molecule has 11 heteroatoms. The summed E-state index contributed by atoms with van der Waals surface area (Å²) in [5, 5.41) is 11.5. The number of nitrogens with zero attached hydrogens (tertiary/aromatic N) is 3. The van der Waals surface area contributed by atoms with Crippen LogP contribution in [0.1, 0.15) is 37.5 Å². The third-order valence-electron chi connectivity index (χ3n) is 6.33. The number of rotatable bonds is 4. The van der Waals surface area contributed by atoms with Crippen LogP contribution in [0.3, 0.4) is 0 Å². The molecular weight excluding hydrogens is 495 g/mol. The van der Waals surface area contributed by atoms with Crippen LogP contribution in [0.5, 0.6) is 17.4 Å². The van der Waals surface area contributed by atoms with Crippen molar-refractivity contribution in [1.82, 2.24) is 15.0 Å². The Balaban J connectivity index is 1.78. The van der Waals surface area contributed by atoms with Crippen molar-refractivity contribution >= 4 is 32.6 Å². The summed E-state index contributed by atoms with van der Waals surface area (Å²) in [7, 11) is 1.50. The van der Waals surface area contributed by atoms with Gasteiger partial charge in [-0.2, -0.15) is 13.2 Å². The van der Waals surface area contributed by atoms with Crippen LogP contribution in [-0.4, -0.2) is 46.6 Å². The molecule has 4 aromatic rings. The van der Waals surface area contributed by atoms with Crippen molar-refractivity contribution in [2.45, 2.75) is 39.5 Å². The lowest BCUT2D eigenvalue weighted by Gasteiger charge is -2.33. The first-order valence-corrected chi connectivity index (χ1v) is 12.1. The number of aliphatic hydroxyl groups is 1. The van der Waals surface area contributed by atoms with Crippen LogP contribution >= 0.6 is 11.3 Å². The minimum Gasteiger partial charge on any atom is -0.489 e. The van der Waals surface area contributed by atoms with E-state index in [0.29, 0.717) is 63.3 Å². The Kier molecular flexibility index (Phi) is 5.95. The second-order valence-electron chi connectivity index (χ2n) is 9.25. The first-order chi connectivity index (χ1) is 17.0. The fraction of sp³-hybridized carbons (Fsp3) is 0.400. The highest BCUT2D eigenvalue weighted by Crippen LogP contribution is 2.52. The minimum absolute atomic E-state index is 0.0313. The number of fused-ring (bicyclic) bond motifs is 4. The molecule has 0 saturated carbocycles. The minimum atomic E-state index is -4.65. The lowest BCUT2D eigenvalue weighted by Crippen LogP contribution is -2.38. The van der Waals surface area contributed by atoms with E-state index < -0.39 is 17.7 Å². The monoisotopic (exact) mass is 519 g/mol. The zero-order valence-electron chi connectivity index (χ0n) is 20.1. The Morgan fingerprint density at radius 3 is 2.56 bits per heavy atom. The van der Waals surface area contributed by atoms with E-state index in [4.69, 9.17) is 19.2 Å². The Morgan fingerprint density at radius 1 is 1.08 bits per heavy atom. The maximum Gasteiger partial charge on any atom is 0.396 e. The second kappa shape index (κ2) is 8.74. The van der Waals surface area contributed by atoms with E-state index in [9.17, 15) is 18.3 Å². The smallest absolute Gasteiger partial charge is 0.396 e. The molecule has 0 bridgehead atoms. The number of hydrogen-bond acceptors (Lipinski definition) is 8. The summed E-state index contributed by atoms with van der Waals surface area (Å²) in [4.78, 5) is 13.7. The number of methoxy groups -OCH3 is 1. The average Bonchev–Trinajstić information content (AvgIpc) is 3.13. The fourth-order valence-corrected chi connectivity index (χ4v) is 5.20. The van der Waals surface area contributed by atoms with E-state index in [1.807, 2.05) is 19.1 Å². The largest absolute Gasteiger partial charge is 0.489 e. The third kappa shape index (κ3) is 4.00. The molecular formula is C25H24F3N3O4S. The van der Waals surface area contributed by atoms with Gasteiger partial charge in [0.25, 0.3) is 0 Å². The zero-order valence-corrected chi connectivity index (χ0v) is 20.9. The van der Waals surface area contributed by atoms with Gasteiger partial charge in [0.05, 0.1) is 54.6 Å². The first kappa shape index (κ1) is 24.5. The van der Waals surface area contributed by atoms with E-state index >= 15 is 0 Å². The van der Waals surface area contributed by atoms with Crippen LogP contribution in [0.2, 0.25) is 0 Å². The normalized spacial score (nSPS) is 15.2. The highest BCUT2D eigenvalue weighted by Gasteiger charge is 2.53.